The van der Waals surface area contributed by atoms with Crippen molar-refractivity contribution in [3.8, 4) is 0 Å². The van der Waals surface area contributed by atoms with E-state index in [1.165, 1.54) is 12.8 Å². The zero-order chi connectivity index (χ0) is 10.4. The van der Waals surface area contributed by atoms with Gasteiger partial charge in [-0.25, -0.2) is 4.79 Å². The average Bonchev–Trinajstić information content (AvgIpc) is 2.65. The number of rotatable bonds is 4. The first-order valence-corrected chi connectivity index (χ1v) is 5.33. The molecule has 0 aromatic carbocycles. The summed E-state index contributed by atoms with van der Waals surface area (Å²) in [6.07, 6.45) is 4.36. The smallest absolute Gasteiger partial charge is 0.407 e. The molecule has 3 N–H and O–H groups in total. The zero-order valence-electron chi connectivity index (χ0n) is 8.84. The van der Waals surface area contributed by atoms with Gasteiger partial charge in [-0.3, -0.25) is 0 Å². The van der Waals surface area contributed by atoms with Crippen LogP contribution in [-0.2, 0) is 4.74 Å². The quantitative estimate of drug-likeness (QED) is 0.718. The lowest BCUT2D eigenvalue weighted by Gasteiger charge is -2.26. The summed E-state index contributed by atoms with van der Waals surface area (Å²) in [7, 11) is 0. The van der Waals surface area contributed by atoms with Gasteiger partial charge in [0.05, 0.1) is 6.61 Å². The molecule has 1 saturated carbocycles. The fourth-order valence-corrected chi connectivity index (χ4v) is 2.02. The van der Waals surface area contributed by atoms with Crippen LogP contribution in [0.25, 0.3) is 0 Å². The fraction of sp³-hybridized carbons (Fsp3) is 0.900. The molecule has 1 rings (SSSR count). The van der Waals surface area contributed by atoms with Crippen molar-refractivity contribution in [3.63, 3.8) is 0 Å². The van der Waals surface area contributed by atoms with Crippen molar-refractivity contribution in [2.75, 3.05) is 19.7 Å². The summed E-state index contributed by atoms with van der Waals surface area (Å²) < 4.78 is 4.80. The van der Waals surface area contributed by atoms with Gasteiger partial charge in [-0.2, -0.15) is 0 Å². The molecule has 0 atom stereocenters. The Bertz CT molecular complexity index is 189. The Morgan fingerprint density at radius 3 is 2.64 bits per heavy atom. The van der Waals surface area contributed by atoms with Crippen molar-refractivity contribution in [1.29, 1.82) is 0 Å². The molecule has 0 aliphatic heterocycles. The summed E-state index contributed by atoms with van der Waals surface area (Å²) in [5.41, 5.74) is 5.87. The van der Waals surface area contributed by atoms with Gasteiger partial charge in [0.15, 0.2) is 0 Å². The summed E-state index contributed by atoms with van der Waals surface area (Å²) in [5, 5.41) is 2.78. The minimum Gasteiger partial charge on any atom is -0.450 e. The van der Waals surface area contributed by atoms with Gasteiger partial charge in [0, 0.05) is 12.0 Å². The second-order valence-electron chi connectivity index (χ2n) is 3.99. The van der Waals surface area contributed by atoms with E-state index >= 15 is 0 Å². The topological polar surface area (TPSA) is 64.3 Å². The molecule has 1 amide bonds. The zero-order valence-corrected chi connectivity index (χ0v) is 8.84. The number of alkyl carbamates (subject to hydrolysis) is 1. The van der Waals surface area contributed by atoms with Gasteiger partial charge in [0.2, 0.25) is 0 Å². The molecule has 82 valence electrons. The maximum atomic E-state index is 11.1. The highest BCUT2D eigenvalue weighted by atomic mass is 16.5. The molecule has 0 heterocycles. The van der Waals surface area contributed by atoms with Crippen molar-refractivity contribution in [2.24, 2.45) is 11.1 Å². The van der Waals surface area contributed by atoms with E-state index in [0.717, 1.165) is 12.8 Å². The number of hydrogen-bond donors (Lipinski definition) is 2. The Balaban J connectivity index is 2.30. The Kier molecular flexibility index (Phi) is 4.20. The van der Waals surface area contributed by atoms with E-state index in [9.17, 15) is 4.79 Å². The van der Waals surface area contributed by atoms with E-state index in [1.54, 1.807) is 6.92 Å². The van der Waals surface area contributed by atoms with Crippen LogP contribution in [0.2, 0.25) is 0 Å². The molecule has 0 bridgehead atoms. The average molecular weight is 200 g/mol. The van der Waals surface area contributed by atoms with E-state index in [-0.39, 0.29) is 11.5 Å². The molecule has 1 aliphatic carbocycles. The summed E-state index contributed by atoms with van der Waals surface area (Å²) in [6.45, 7) is 3.52. The lowest BCUT2D eigenvalue weighted by molar-refractivity contribution is 0.145. The van der Waals surface area contributed by atoms with Crippen LogP contribution in [0.1, 0.15) is 32.6 Å². The van der Waals surface area contributed by atoms with E-state index in [0.29, 0.717) is 19.7 Å². The van der Waals surface area contributed by atoms with Gasteiger partial charge in [-0.05, 0) is 26.3 Å². The van der Waals surface area contributed by atoms with Crippen molar-refractivity contribution in [2.45, 2.75) is 32.6 Å². The first-order chi connectivity index (χ1) is 6.72. The third-order valence-electron chi connectivity index (χ3n) is 2.98. The summed E-state index contributed by atoms with van der Waals surface area (Å²) in [4.78, 5) is 11.1. The molecule has 4 heteroatoms. The number of nitrogens with one attached hydrogen (secondary N) is 1. The van der Waals surface area contributed by atoms with Crippen LogP contribution in [0.4, 0.5) is 4.79 Å². The lowest BCUT2D eigenvalue weighted by Crippen LogP contribution is -2.40. The van der Waals surface area contributed by atoms with Crippen molar-refractivity contribution >= 4 is 6.09 Å². The fourth-order valence-electron chi connectivity index (χ4n) is 2.02. The molecule has 0 unspecified atom stereocenters. The van der Waals surface area contributed by atoms with Gasteiger partial charge in [-0.15, -0.1) is 0 Å². The van der Waals surface area contributed by atoms with Gasteiger partial charge < -0.3 is 15.8 Å². The van der Waals surface area contributed by atoms with Gasteiger partial charge in [0.25, 0.3) is 0 Å². The number of amides is 1. The molecular weight excluding hydrogens is 180 g/mol. The molecule has 1 aliphatic rings. The predicted octanol–water partition coefficient (Wildman–Crippen LogP) is 1.25. The standard InChI is InChI=1S/C10H20N2O2/c1-2-14-9(13)12-8-10(7-11)5-3-4-6-10/h2-8,11H2,1H3,(H,12,13). The van der Waals surface area contributed by atoms with Crippen LogP contribution >= 0.6 is 0 Å². The monoisotopic (exact) mass is 200 g/mol. The molecular formula is C10H20N2O2. The van der Waals surface area contributed by atoms with E-state index in [4.69, 9.17) is 10.5 Å². The second-order valence-corrected chi connectivity index (χ2v) is 3.99. The number of nitrogens with two attached hydrogens (primary N) is 1. The predicted molar refractivity (Wildman–Crippen MR) is 55.0 cm³/mol. The van der Waals surface area contributed by atoms with Crippen molar-refractivity contribution in [3.05, 3.63) is 0 Å². The van der Waals surface area contributed by atoms with Crippen molar-refractivity contribution in [1.82, 2.24) is 5.32 Å². The van der Waals surface area contributed by atoms with E-state index < -0.39 is 0 Å². The van der Waals surface area contributed by atoms with Crippen LogP contribution in [0.5, 0.6) is 0 Å². The van der Waals surface area contributed by atoms with Gasteiger partial charge >= 0.3 is 6.09 Å². The van der Waals surface area contributed by atoms with Gasteiger partial charge in [0.1, 0.15) is 0 Å². The van der Waals surface area contributed by atoms with Crippen LogP contribution in [-0.4, -0.2) is 25.8 Å². The van der Waals surface area contributed by atoms with Gasteiger partial charge in [-0.1, -0.05) is 12.8 Å². The first-order valence-electron chi connectivity index (χ1n) is 5.33. The summed E-state index contributed by atoms with van der Waals surface area (Å²) in [6, 6.07) is 0. The number of carbonyl (C=O) groups is 1. The highest BCUT2D eigenvalue weighted by molar-refractivity contribution is 5.67. The minimum absolute atomic E-state index is 0.132. The van der Waals surface area contributed by atoms with E-state index in [1.807, 2.05) is 0 Å². The second kappa shape index (κ2) is 5.20. The molecule has 0 saturated heterocycles. The molecule has 4 nitrogen and oxygen atoms in total. The third-order valence-corrected chi connectivity index (χ3v) is 2.98. The largest absolute Gasteiger partial charge is 0.450 e. The molecule has 0 aromatic rings. The Morgan fingerprint density at radius 1 is 1.50 bits per heavy atom. The molecule has 1 fully saturated rings. The van der Waals surface area contributed by atoms with Crippen molar-refractivity contribution < 1.29 is 9.53 Å². The highest BCUT2D eigenvalue weighted by Crippen LogP contribution is 2.36. The van der Waals surface area contributed by atoms with E-state index in [2.05, 4.69) is 5.32 Å². The van der Waals surface area contributed by atoms with Crippen LogP contribution in [0.3, 0.4) is 0 Å². The molecule has 0 aromatic heterocycles. The lowest BCUT2D eigenvalue weighted by atomic mass is 9.86. The highest BCUT2D eigenvalue weighted by Gasteiger charge is 2.32. The van der Waals surface area contributed by atoms with Crippen LogP contribution < -0.4 is 11.1 Å². The number of hydrogen-bond acceptors (Lipinski definition) is 3. The van der Waals surface area contributed by atoms with Crippen LogP contribution in [0, 0.1) is 5.41 Å². The molecule has 0 spiro atoms. The number of ether oxygens (including phenoxy) is 1. The maximum Gasteiger partial charge on any atom is 0.407 e. The Morgan fingerprint density at radius 2 is 2.14 bits per heavy atom. The molecule has 0 radical (unpaired) electrons. The third kappa shape index (κ3) is 2.87. The minimum atomic E-state index is -0.327. The van der Waals surface area contributed by atoms with Crippen LogP contribution in [0.15, 0.2) is 0 Å². The first kappa shape index (κ1) is 11.3. The molecule has 14 heavy (non-hydrogen) atoms. The summed E-state index contributed by atoms with van der Waals surface area (Å²) >= 11 is 0. The summed E-state index contributed by atoms with van der Waals surface area (Å²) in [5.74, 6) is 0. The SMILES string of the molecule is CCOC(=O)NCC1(CN)CCCC1. The Hall–Kier alpha value is -0.770. The normalized spacial score (nSPS) is 19.3. The number of carbonyl (C=O) groups excluding carboxylic acids is 1. The maximum absolute atomic E-state index is 11.1. The Labute approximate surface area is 85.2 Å².